The monoisotopic (exact) mass is 344 g/mol. The maximum atomic E-state index is 11.7. The molecule has 0 amide bonds. The lowest BCUT2D eigenvalue weighted by Crippen LogP contribution is -2.33. The van der Waals surface area contributed by atoms with E-state index >= 15 is 0 Å². The van der Waals surface area contributed by atoms with Gasteiger partial charge in [-0.2, -0.15) is 8.42 Å². The van der Waals surface area contributed by atoms with Crippen molar-refractivity contribution in [3.8, 4) is 0 Å². The molecule has 2 atom stereocenters. The summed E-state index contributed by atoms with van der Waals surface area (Å²) in [5.74, 6) is -5.54. The van der Waals surface area contributed by atoms with Crippen LogP contribution in [0.5, 0.6) is 0 Å². The van der Waals surface area contributed by atoms with Gasteiger partial charge in [-0.25, -0.2) is 0 Å². The van der Waals surface area contributed by atoms with Crippen LogP contribution >= 0.6 is 0 Å². The van der Waals surface area contributed by atoms with Crippen molar-refractivity contribution in [3.05, 3.63) is 34.3 Å². The van der Waals surface area contributed by atoms with Crippen molar-refractivity contribution >= 4 is 22.1 Å². The zero-order chi connectivity index (χ0) is 17.8. The zero-order valence-corrected chi connectivity index (χ0v) is 13.7. The zero-order valence-electron chi connectivity index (χ0n) is 12.9. The Kier molecular flexibility index (Phi) is 6.28. The van der Waals surface area contributed by atoms with E-state index in [1.165, 1.54) is 12.2 Å². The molecule has 0 aliphatic heterocycles. The van der Waals surface area contributed by atoms with E-state index in [4.69, 9.17) is 0 Å². The molecule has 128 valence electrons. The number of carbonyl (C=O) groups is 2. The highest BCUT2D eigenvalue weighted by atomic mass is 32.2. The predicted octanol–water partition coefficient (Wildman–Crippen LogP) is 2.24. The molecule has 1 aliphatic rings. The topological polar surface area (TPSA) is 129 Å². The SMILES string of the molecule is CCC=C1C(S(=O)(=O)O)=CC(C(=O)O)C(=CCCC)C1C(=O)O. The summed E-state index contributed by atoms with van der Waals surface area (Å²) in [7, 11) is -4.74. The van der Waals surface area contributed by atoms with Gasteiger partial charge >= 0.3 is 11.9 Å². The van der Waals surface area contributed by atoms with E-state index in [-0.39, 0.29) is 11.1 Å². The van der Waals surface area contributed by atoms with Gasteiger partial charge in [0, 0.05) is 0 Å². The van der Waals surface area contributed by atoms with Crippen LogP contribution < -0.4 is 0 Å². The van der Waals surface area contributed by atoms with E-state index in [0.717, 1.165) is 6.08 Å². The summed E-state index contributed by atoms with van der Waals surface area (Å²) >= 11 is 0. The molecule has 0 fully saturated rings. The van der Waals surface area contributed by atoms with Crippen molar-refractivity contribution in [1.82, 2.24) is 0 Å². The average molecular weight is 344 g/mol. The Labute approximate surface area is 134 Å². The highest BCUT2D eigenvalue weighted by Gasteiger charge is 2.42. The smallest absolute Gasteiger partial charge is 0.315 e. The maximum Gasteiger partial charge on any atom is 0.315 e. The first-order valence-corrected chi connectivity index (χ1v) is 8.64. The van der Waals surface area contributed by atoms with Crippen LogP contribution in [0.3, 0.4) is 0 Å². The highest BCUT2D eigenvalue weighted by molar-refractivity contribution is 7.90. The van der Waals surface area contributed by atoms with Gasteiger partial charge in [-0.3, -0.25) is 14.1 Å². The third-order valence-corrected chi connectivity index (χ3v) is 4.42. The van der Waals surface area contributed by atoms with Crippen molar-refractivity contribution in [3.63, 3.8) is 0 Å². The molecular formula is C15H20O7S. The van der Waals surface area contributed by atoms with Crippen molar-refractivity contribution in [1.29, 1.82) is 0 Å². The minimum atomic E-state index is -4.74. The van der Waals surface area contributed by atoms with E-state index in [1.807, 2.05) is 6.92 Å². The molecule has 0 bridgehead atoms. The number of carboxylic acid groups (broad SMARTS) is 2. The van der Waals surface area contributed by atoms with Crippen molar-refractivity contribution in [2.24, 2.45) is 11.8 Å². The fourth-order valence-corrected chi connectivity index (χ4v) is 3.37. The number of hydrogen-bond acceptors (Lipinski definition) is 4. The van der Waals surface area contributed by atoms with E-state index in [9.17, 15) is 32.8 Å². The van der Waals surface area contributed by atoms with Crippen molar-refractivity contribution in [2.45, 2.75) is 33.1 Å². The first kappa shape index (κ1) is 19.1. The Bertz CT molecular complexity index is 683. The summed E-state index contributed by atoms with van der Waals surface area (Å²) in [6.45, 7) is 3.54. The van der Waals surface area contributed by atoms with E-state index < -0.39 is 38.8 Å². The molecule has 7 nitrogen and oxygen atoms in total. The largest absolute Gasteiger partial charge is 0.481 e. The Morgan fingerprint density at radius 3 is 2.17 bits per heavy atom. The van der Waals surface area contributed by atoms with Gasteiger partial charge in [-0.15, -0.1) is 0 Å². The minimum Gasteiger partial charge on any atom is -0.481 e. The molecule has 8 heteroatoms. The first-order chi connectivity index (χ1) is 10.6. The summed E-state index contributed by atoms with van der Waals surface area (Å²) in [5, 5.41) is 18.8. The summed E-state index contributed by atoms with van der Waals surface area (Å²) < 4.78 is 32.5. The molecule has 0 spiro atoms. The average Bonchev–Trinajstić information content (AvgIpc) is 2.42. The lowest BCUT2D eigenvalue weighted by atomic mass is 9.77. The molecule has 0 aromatic carbocycles. The molecular weight excluding hydrogens is 324 g/mol. The summed E-state index contributed by atoms with van der Waals surface area (Å²) in [6.07, 6.45) is 5.31. The predicted molar refractivity (Wildman–Crippen MR) is 83.2 cm³/mol. The summed E-state index contributed by atoms with van der Waals surface area (Å²) in [6, 6.07) is 0. The number of allylic oxidation sites excluding steroid dienone is 3. The fourth-order valence-electron chi connectivity index (χ4n) is 2.56. The lowest BCUT2D eigenvalue weighted by Gasteiger charge is -2.29. The summed E-state index contributed by atoms with van der Waals surface area (Å²) in [4.78, 5) is 22.5. The van der Waals surface area contributed by atoms with Gasteiger partial charge in [-0.05, 0) is 30.1 Å². The highest BCUT2D eigenvalue weighted by Crippen LogP contribution is 2.40. The molecule has 0 aromatic heterocycles. The third-order valence-electron chi connectivity index (χ3n) is 3.49. The molecule has 0 heterocycles. The Morgan fingerprint density at radius 2 is 1.78 bits per heavy atom. The number of unbranched alkanes of at least 4 members (excludes halogenated alkanes) is 1. The van der Waals surface area contributed by atoms with Gasteiger partial charge in [-0.1, -0.05) is 32.4 Å². The van der Waals surface area contributed by atoms with E-state index in [2.05, 4.69) is 0 Å². The minimum absolute atomic E-state index is 0.0950. The lowest BCUT2D eigenvalue weighted by molar-refractivity contribution is -0.140. The van der Waals surface area contributed by atoms with Crippen LogP contribution in [0.2, 0.25) is 0 Å². The Balaban J connectivity index is 3.72. The summed E-state index contributed by atoms with van der Waals surface area (Å²) in [5.41, 5.74) is 0.0151. The number of aliphatic carboxylic acids is 2. The van der Waals surface area contributed by atoms with E-state index in [1.54, 1.807) is 6.92 Å². The molecule has 2 unspecified atom stereocenters. The van der Waals surface area contributed by atoms with Crippen LogP contribution in [0.25, 0.3) is 0 Å². The van der Waals surface area contributed by atoms with Gasteiger partial charge in [0.1, 0.15) is 5.92 Å². The van der Waals surface area contributed by atoms with Gasteiger partial charge < -0.3 is 10.2 Å². The van der Waals surface area contributed by atoms with Crippen molar-refractivity contribution in [2.75, 3.05) is 0 Å². The number of carboxylic acids is 2. The second-order valence-electron chi connectivity index (χ2n) is 5.15. The van der Waals surface area contributed by atoms with Crippen LogP contribution in [0.15, 0.2) is 34.3 Å². The molecule has 0 saturated carbocycles. The number of rotatable bonds is 6. The Hall–Kier alpha value is -1.93. The standard InChI is InChI=1S/C15H20O7S/c1-3-5-7-9-11(14(16)17)8-12(23(20,21)22)10(6-4-2)13(9)15(18)19/h6-8,11,13H,3-5H2,1-2H3,(H,16,17)(H,18,19)(H,20,21,22). The molecule has 3 N–H and O–H groups in total. The van der Waals surface area contributed by atoms with Gasteiger partial charge in [0.2, 0.25) is 0 Å². The second kappa shape index (κ2) is 7.56. The molecule has 1 aliphatic carbocycles. The molecule has 1 rings (SSSR count). The molecule has 0 radical (unpaired) electrons. The molecule has 0 aromatic rings. The molecule has 23 heavy (non-hydrogen) atoms. The number of hydrogen-bond donors (Lipinski definition) is 3. The van der Waals surface area contributed by atoms with Gasteiger partial charge in [0.25, 0.3) is 10.1 Å². The third kappa shape index (κ3) is 4.29. The first-order valence-electron chi connectivity index (χ1n) is 7.20. The van der Waals surface area contributed by atoms with Gasteiger partial charge in [0.15, 0.2) is 0 Å². The normalized spacial score (nSPS) is 25.4. The van der Waals surface area contributed by atoms with Gasteiger partial charge in [0.05, 0.1) is 10.8 Å². The van der Waals surface area contributed by atoms with Crippen LogP contribution in [0, 0.1) is 11.8 Å². The van der Waals surface area contributed by atoms with Crippen LogP contribution in [0.1, 0.15) is 33.1 Å². The van der Waals surface area contributed by atoms with Crippen LogP contribution in [0.4, 0.5) is 0 Å². The second-order valence-corrected chi connectivity index (χ2v) is 6.54. The van der Waals surface area contributed by atoms with E-state index in [0.29, 0.717) is 19.3 Å². The molecule has 0 saturated heterocycles. The van der Waals surface area contributed by atoms with Crippen molar-refractivity contribution < 1.29 is 32.8 Å². The maximum absolute atomic E-state index is 11.7. The van der Waals surface area contributed by atoms with Crippen LogP contribution in [-0.2, 0) is 19.7 Å². The quantitative estimate of drug-likeness (QED) is 0.497. The fraction of sp³-hybridized carbons (Fsp3) is 0.467. The Morgan fingerprint density at radius 1 is 1.17 bits per heavy atom. The van der Waals surface area contributed by atoms with Crippen LogP contribution in [-0.4, -0.2) is 35.1 Å².